The zero-order valence-corrected chi connectivity index (χ0v) is 10.5. The first-order valence-electron chi connectivity index (χ1n) is 6.31. The maximum Gasteiger partial charge on any atom is 0.134 e. The van der Waals surface area contributed by atoms with E-state index in [1.165, 1.54) is 11.3 Å². The summed E-state index contributed by atoms with van der Waals surface area (Å²) in [5, 5.41) is 0. The number of nitrogen functional groups attached to an aromatic ring is 1. The van der Waals surface area contributed by atoms with Gasteiger partial charge in [0, 0.05) is 30.2 Å². The summed E-state index contributed by atoms with van der Waals surface area (Å²) in [7, 11) is 0. The van der Waals surface area contributed by atoms with Crippen molar-refractivity contribution in [3.05, 3.63) is 48.2 Å². The minimum Gasteiger partial charge on any atom is -0.399 e. The van der Waals surface area contributed by atoms with E-state index >= 15 is 0 Å². The number of hydrogen-bond donors (Lipinski definition) is 1. The molecule has 0 fully saturated rings. The molecule has 1 aliphatic heterocycles. The topological polar surface area (TPSA) is 42.1 Å². The molecule has 0 saturated carbocycles. The number of anilines is 3. The molecule has 3 heteroatoms. The van der Waals surface area contributed by atoms with Gasteiger partial charge in [-0.3, -0.25) is 0 Å². The summed E-state index contributed by atoms with van der Waals surface area (Å²) in [5.41, 5.74) is 9.26. The minimum atomic E-state index is 0.628. The highest BCUT2D eigenvalue weighted by atomic mass is 15.2. The van der Waals surface area contributed by atoms with E-state index in [1.54, 1.807) is 6.20 Å². The molecule has 3 nitrogen and oxygen atoms in total. The van der Waals surface area contributed by atoms with Crippen molar-refractivity contribution >= 4 is 17.2 Å². The first-order chi connectivity index (χ1) is 8.74. The fourth-order valence-corrected chi connectivity index (χ4v) is 2.60. The van der Waals surface area contributed by atoms with E-state index in [1.807, 2.05) is 12.1 Å². The van der Waals surface area contributed by atoms with Crippen molar-refractivity contribution in [2.75, 3.05) is 17.2 Å². The van der Waals surface area contributed by atoms with E-state index in [2.05, 4.69) is 41.1 Å². The Balaban J connectivity index is 2.07. The Labute approximate surface area is 107 Å². The minimum absolute atomic E-state index is 0.628. The van der Waals surface area contributed by atoms with E-state index in [4.69, 9.17) is 5.73 Å². The van der Waals surface area contributed by atoms with Gasteiger partial charge in [0.15, 0.2) is 0 Å². The highest BCUT2D eigenvalue weighted by molar-refractivity contribution is 5.67. The smallest absolute Gasteiger partial charge is 0.134 e. The number of nitrogens with two attached hydrogens (primary N) is 1. The lowest BCUT2D eigenvalue weighted by Gasteiger charge is -2.34. The van der Waals surface area contributed by atoms with E-state index in [0.717, 1.165) is 24.5 Å². The SMILES string of the molecule is CC1Cc2ccccc2N(c2cc(N)ccn2)C1. The van der Waals surface area contributed by atoms with Crippen LogP contribution in [0.5, 0.6) is 0 Å². The summed E-state index contributed by atoms with van der Waals surface area (Å²) in [5.74, 6) is 1.57. The van der Waals surface area contributed by atoms with Crippen LogP contribution in [0.2, 0.25) is 0 Å². The normalized spacial score (nSPS) is 18.5. The van der Waals surface area contributed by atoms with Gasteiger partial charge in [0.1, 0.15) is 5.82 Å². The van der Waals surface area contributed by atoms with Crippen LogP contribution in [0.25, 0.3) is 0 Å². The molecule has 0 radical (unpaired) electrons. The molecule has 1 aliphatic rings. The number of fused-ring (bicyclic) bond motifs is 1. The first-order valence-corrected chi connectivity index (χ1v) is 6.31. The Morgan fingerprint density at radius 2 is 2.11 bits per heavy atom. The van der Waals surface area contributed by atoms with Crippen molar-refractivity contribution < 1.29 is 0 Å². The van der Waals surface area contributed by atoms with Gasteiger partial charge < -0.3 is 10.6 Å². The zero-order valence-electron chi connectivity index (χ0n) is 10.5. The van der Waals surface area contributed by atoms with Gasteiger partial charge in [0.25, 0.3) is 0 Å². The molecule has 0 aliphatic carbocycles. The second kappa shape index (κ2) is 4.33. The third kappa shape index (κ3) is 1.92. The van der Waals surface area contributed by atoms with Crippen molar-refractivity contribution in [2.45, 2.75) is 13.3 Å². The maximum atomic E-state index is 5.85. The summed E-state index contributed by atoms with van der Waals surface area (Å²) in [6, 6.07) is 12.3. The van der Waals surface area contributed by atoms with Crippen molar-refractivity contribution in [1.29, 1.82) is 0 Å². The lowest BCUT2D eigenvalue weighted by molar-refractivity contribution is 0.560. The van der Waals surface area contributed by atoms with Crippen molar-refractivity contribution in [3.8, 4) is 0 Å². The summed E-state index contributed by atoms with van der Waals surface area (Å²) in [6.07, 6.45) is 2.90. The van der Waals surface area contributed by atoms with Crippen LogP contribution in [0.15, 0.2) is 42.6 Å². The van der Waals surface area contributed by atoms with Crippen LogP contribution in [0.3, 0.4) is 0 Å². The van der Waals surface area contributed by atoms with E-state index < -0.39 is 0 Å². The fraction of sp³-hybridized carbons (Fsp3) is 0.267. The maximum absolute atomic E-state index is 5.85. The highest BCUT2D eigenvalue weighted by Crippen LogP contribution is 2.34. The molecule has 2 N–H and O–H groups in total. The van der Waals surface area contributed by atoms with Gasteiger partial charge in [-0.25, -0.2) is 4.98 Å². The van der Waals surface area contributed by atoms with Gasteiger partial charge in [-0.05, 0) is 30.0 Å². The van der Waals surface area contributed by atoms with Crippen LogP contribution in [0.1, 0.15) is 12.5 Å². The molecule has 1 aromatic carbocycles. The van der Waals surface area contributed by atoms with Gasteiger partial charge in [-0.2, -0.15) is 0 Å². The van der Waals surface area contributed by atoms with Gasteiger partial charge in [0.05, 0.1) is 0 Å². The molecule has 3 rings (SSSR count). The van der Waals surface area contributed by atoms with Gasteiger partial charge >= 0.3 is 0 Å². The van der Waals surface area contributed by atoms with Crippen LogP contribution in [-0.2, 0) is 6.42 Å². The van der Waals surface area contributed by atoms with Gasteiger partial charge in [0.2, 0.25) is 0 Å². The molecule has 0 spiro atoms. The Morgan fingerprint density at radius 1 is 1.28 bits per heavy atom. The first kappa shape index (κ1) is 11.1. The molecule has 1 atom stereocenters. The van der Waals surface area contributed by atoms with Crippen LogP contribution in [0, 0.1) is 5.92 Å². The van der Waals surface area contributed by atoms with Gasteiger partial charge in [-0.15, -0.1) is 0 Å². The fourth-order valence-electron chi connectivity index (χ4n) is 2.60. The molecule has 0 bridgehead atoms. The molecule has 1 unspecified atom stereocenters. The summed E-state index contributed by atoms with van der Waals surface area (Å²) >= 11 is 0. The Bertz CT molecular complexity index is 565. The largest absolute Gasteiger partial charge is 0.399 e. The molecule has 2 heterocycles. The highest BCUT2D eigenvalue weighted by Gasteiger charge is 2.23. The second-order valence-corrected chi connectivity index (χ2v) is 5.00. The molecule has 1 aromatic heterocycles. The number of benzene rings is 1. The van der Waals surface area contributed by atoms with Crippen LogP contribution in [0.4, 0.5) is 17.2 Å². The average molecular weight is 239 g/mol. The third-order valence-corrected chi connectivity index (χ3v) is 3.39. The predicted octanol–water partition coefficient (Wildman–Crippen LogP) is 2.99. The Kier molecular flexibility index (Phi) is 2.67. The average Bonchev–Trinajstić information content (AvgIpc) is 2.37. The van der Waals surface area contributed by atoms with Crippen molar-refractivity contribution in [1.82, 2.24) is 4.98 Å². The van der Waals surface area contributed by atoms with Crippen LogP contribution >= 0.6 is 0 Å². The monoisotopic (exact) mass is 239 g/mol. The third-order valence-electron chi connectivity index (χ3n) is 3.39. The predicted molar refractivity (Wildman–Crippen MR) is 75.0 cm³/mol. The van der Waals surface area contributed by atoms with Crippen LogP contribution in [-0.4, -0.2) is 11.5 Å². The number of aromatic nitrogens is 1. The summed E-state index contributed by atoms with van der Waals surface area (Å²) in [4.78, 5) is 6.71. The lowest BCUT2D eigenvalue weighted by atomic mass is 9.94. The molecular weight excluding hydrogens is 222 g/mol. The van der Waals surface area contributed by atoms with E-state index in [0.29, 0.717) is 5.92 Å². The number of nitrogens with zero attached hydrogens (tertiary/aromatic N) is 2. The standard InChI is InChI=1S/C15H17N3/c1-11-8-12-4-2-3-5-14(12)18(10-11)15-9-13(16)6-7-17-15/h2-7,9,11H,8,10H2,1H3,(H2,16,17). The number of hydrogen-bond acceptors (Lipinski definition) is 3. The van der Waals surface area contributed by atoms with Crippen molar-refractivity contribution in [2.24, 2.45) is 5.92 Å². The van der Waals surface area contributed by atoms with E-state index in [9.17, 15) is 0 Å². The summed E-state index contributed by atoms with van der Waals surface area (Å²) < 4.78 is 0. The number of rotatable bonds is 1. The lowest BCUT2D eigenvalue weighted by Crippen LogP contribution is -2.30. The van der Waals surface area contributed by atoms with Crippen molar-refractivity contribution in [3.63, 3.8) is 0 Å². The number of pyridine rings is 1. The van der Waals surface area contributed by atoms with Gasteiger partial charge in [-0.1, -0.05) is 25.1 Å². The number of para-hydroxylation sites is 1. The second-order valence-electron chi connectivity index (χ2n) is 5.00. The Morgan fingerprint density at radius 3 is 2.94 bits per heavy atom. The molecule has 92 valence electrons. The molecule has 2 aromatic rings. The molecule has 18 heavy (non-hydrogen) atoms. The molecular formula is C15H17N3. The van der Waals surface area contributed by atoms with Crippen LogP contribution < -0.4 is 10.6 Å². The Hall–Kier alpha value is -2.03. The summed E-state index contributed by atoms with van der Waals surface area (Å²) in [6.45, 7) is 3.27. The molecule has 0 amide bonds. The zero-order chi connectivity index (χ0) is 12.5. The quantitative estimate of drug-likeness (QED) is 0.831. The van der Waals surface area contributed by atoms with E-state index in [-0.39, 0.29) is 0 Å². The molecule has 0 saturated heterocycles.